The number of nitrogens with zero attached hydrogens (tertiary/aromatic N) is 5. The molecule has 0 fully saturated rings. The Morgan fingerprint density at radius 1 is 1.12 bits per heavy atom. The first-order valence-electron chi connectivity index (χ1n) is 7.30. The van der Waals surface area contributed by atoms with Gasteiger partial charge in [0.25, 0.3) is 0 Å². The van der Waals surface area contributed by atoms with Gasteiger partial charge in [-0.25, -0.2) is 15.0 Å². The van der Waals surface area contributed by atoms with E-state index in [0.717, 1.165) is 10.9 Å². The van der Waals surface area contributed by atoms with E-state index < -0.39 is 0 Å². The maximum Gasteiger partial charge on any atom is 0.238 e. The summed E-state index contributed by atoms with van der Waals surface area (Å²) in [5.41, 5.74) is 0.754. The average Bonchev–Trinajstić information content (AvgIpc) is 3.02. The second kappa shape index (κ2) is 6.25. The molecule has 9 heteroatoms. The van der Waals surface area contributed by atoms with E-state index in [9.17, 15) is 0 Å². The van der Waals surface area contributed by atoms with Crippen LogP contribution in [0.4, 0.5) is 11.6 Å². The van der Waals surface area contributed by atoms with E-state index in [2.05, 4.69) is 25.4 Å². The van der Waals surface area contributed by atoms with Crippen LogP contribution in [0.2, 0.25) is 5.02 Å². The van der Waals surface area contributed by atoms with Gasteiger partial charge in [-0.2, -0.15) is 4.79 Å². The summed E-state index contributed by atoms with van der Waals surface area (Å²) in [6.45, 7) is 0. The third-order valence-corrected chi connectivity index (χ3v) is 3.69. The number of anilines is 2. The van der Waals surface area contributed by atoms with Crippen molar-refractivity contribution < 1.29 is 4.74 Å². The smallest absolute Gasteiger partial charge is 0.238 e. The molecule has 0 spiro atoms. The minimum Gasteiger partial charge on any atom is -0.438 e. The number of aromatic nitrogens is 5. The Labute approximate surface area is 147 Å². The lowest BCUT2D eigenvalue weighted by Gasteiger charge is -2.09. The number of pyridine rings is 1. The molecule has 0 aliphatic carbocycles. The van der Waals surface area contributed by atoms with E-state index in [4.69, 9.17) is 22.2 Å². The van der Waals surface area contributed by atoms with Gasteiger partial charge in [-0.3, -0.25) is 0 Å². The molecule has 0 bridgehead atoms. The summed E-state index contributed by atoms with van der Waals surface area (Å²) in [6.07, 6.45) is 4.71. The molecule has 0 aliphatic rings. The molecule has 0 saturated carbocycles. The first-order chi connectivity index (χ1) is 12.2. The van der Waals surface area contributed by atoms with Crippen molar-refractivity contribution in [2.24, 2.45) is 0 Å². The van der Waals surface area contributed by atoms with Gasteiger partial charge in [-0.15, -0.1) is 5.10 Å². The molecule has 3 heterocycles. The van der Waals surface area contributed by atoms with Crippen molar-refractivity contribution in [2.75, 3.05) is 11.2 Å². The minimum absolute atomic E-state index is 0.330. The summed E-state index contributed by atoms with van der Waals surface area (Å²) in [4.78, 5) is 13.9. The van der Waals surface area contributed by atoms with Gasteiger partial charge in [-0.05, 0) is 30.3 Å². The standard InChI is InChI=1S/C16H12ClN7O/c17-12-2-1-6-19-16(12)25-10-3-4-13-11(8-10)15(21-9-20-13)22-14-5-7-24(18)23-14/h1-9H,18H2,(H,20,21,22,23). The maximum atomic E-state index is 6.09. The molecule has 25 heavy (non-hydrogen) atoms. The van der Waals surface area contributed by atoms with Gasteiger partial charge in [0.1, 0.15) is 22.9 Å². The summed E-state index contributed by atoms with van der Waals surface area (Å²) in [5, 5.41) is 8.38. The third-order valence-electron chi connectivity index (χ3n) is 3.40. The average molecular weight is 354 g/mol. The lowest BCUT2D eigenvalue weighted by Crippen LogP contribution is -2.08. The van der Waals surface area contributed by atoms with E-state index in [-0.39, 0.29) is 0 Å². The summed E-state index contributed by atoms with van der Waals surface area (Å²) in [5.74, 6) is 7.61. The van der Waals surface area contributed by atoms with Crippen molar-refractivity contribution >= 4 is 34.1 Å². The zero-order chi connectivity index (χ0) is 17.2. The number of fused-ring (bicyclic) bond motifs is 1. The van der Waals surface area contributed by atoms with Gasteiger partial charge >= 0.3 is 0 Å². The van der Waals surface area contributed by atoms with Crippen LogP contribution in [-0.2, 0) is 0 Å². The van der Waals surface area contributed by atoms with Crippen LogP contribution in [-0.4, -0.2) is 24.8 Å². The first kappa shape index (κ1) is 15.2. The zero-order valence-corrected chi connectivity index (χ0v) is 13.6. The predicted octanol–water partition coefficient (Wildman–Crippen LogP) is 3.12. The number of nitrogen functional groups attached to an aromatic ring is 1. The fourth-order valence-electron chi connectivity index (χ4n) is 2.28. The Kier molecular flexibility index (Phi) is 3.79. The van der Waals surface area contributed by atoms with E-state index >= 15 is 0 Å². The van der Waals surface area contributed by atoms with Crippen LogP contribution in [0.1, 0.15) is 0 Å². The topological polar surface area (TPSA) is 104 Å². The molecule has 8 nitrogen and oxygen atoms in total. The summed E-state index contributed by atoms with van der Waals surface area (Å²) in [6, 6.07) is 10.6. The van der Waals surface area contributed by atoms with Crippen molar-refractivity contribution in [3.63, 3.8) is 0 Å². The molecule has 0 unspecified atom stereocenters. The lowest BCUT2D eigenvalue weighted by molar-refractivity contribution is 0.464. The van der Waals surface area contributed by atoms with E-state index in [1.165, 1.54) is 11.1 Å². The van der Waals surface area contributed by atoms with Gasteiger partial charge < -0.3 is 15.9 Å². The molecule has 0 amide bonds. The molecule has 1 aromatic carbocycles. The van der Waals surface area contributed by atoms with Gasteiger partial charge in [0.15, 0.2) is 5.82 Å². The Hall–Kier alpha value is -3.39. The van der Waals surface area contributed by atoms with Crippen LogP contribution in [0, 0.1) is 0 Å². The second-order valence-corrected chi connectivity index (χ2v) is 5.51. The van der Waals surface area contributed by atoms with E-state index in [1.807, 2.05) is 12.1 Å². The highest BCUT2D eigenvalue weighted by molar-refractivity contribution is 6.31. The number of halogens is 1. The van der Waals surface area contributed by atoms with Crippen molar-refractivity contribution in [1.82, 2.24) is 24.8 Å². The van der Waals surface area contributed by atoms with Crippen LogP contribution in [0.15, 0.2) is 55.1 Å². The Morgan fingerprint density at radius 3 is 2.84 bits per heavy atom. The number of benzene rings is 1. The van der Waals surface area contributed by atoms with Gasteiger partial charge in [0, 0.05) is 17.6 Å². The highest BCUT2D eigenvalue weighted by Gasteiger charge is 2.09. The summed E-state index contributed by atoms with van der Waals surface area (Å²) in [7, 11) is 0. The highest BCUT2D eigenvalue weighted by Crippen LogP contribution is 2.30. The third kappa shape index (κ3) is 3.15. The molecule has 124 valence electrons. The minimum atomic E-state index is 0.330. The Bertz CT molecular complexity index is 1050. The summed E-state index contributed by atoms with van der Waals surface area (Å²) >= 11 is 6.09. The monoisotopic (exact) mass is 353 g/mol. The lowest BCUT2D eigenvalue weighted by atomic mass is 10.2. The molecular weight excluding hydrogens is 342 g/mol. The molecule has 0 saturated heterocycles. The quantitative estimate of drug-likeness (QED) is 0.543. The van der Waals surface area contributed by atoms with Crippen LogP contribution < -0.4 is 15.9 Å². The van der Waals surface area contributed by atoms with Crippen LogP contribution in [0.3, 0.4) is 0 Å². The Morgan fingerprint density at radius 2 is 2.04 bits per heavy atom. The van der Waals surface area contributed by atoms with Crippen LogP contribution >= 0.6 is 11.6 Å². The zero-order valence-electron chi connectivity index (χ0n) is 12.8. The number of rotatable bonds is 4. The maximum absolute atomic E-state index is 6.09. The Balaban J connectivity index is 1.71. The van der Waals surface area contributed by atoms with Crippen molar-refractivity contribution in [2.45, 2.75) is 0 Å². The van der Waals surface area contributed by atoms with Crippen molar-refractivity contribution in [3.05, 3.63) is 60.1 Å². The van der Waals surface area contributed by atoms with Gasteiger partial charge in [0.2, 0.25) is 5.88 Å². The molecule has 0 radical (unpaired) electrons. The van der Waals surface area contributed by atoms with E-state index in [1.54, 1.807) is 36.7 Å². The van der Waals surface area contributed by atoms with Crippen LogP contribution in [0.25, 0.3) is 10.9 Å². The highest BCUT2D eigenvalue weighted by atomic mass is 35.5. The fourth-order valence-corrected chi connectivity index (χ4v) is 2.44. The predicted molar refractivity (Wildman–Crippen MR) is 94.5 cm³/mol. The number of hydrogen-bond acceptors (Lipinski definition) is 7. The second-order valence-electron chi connectivity index (χ2n) is 5.10. The van der Waals surface area contributed by atoms with Crippen molar-refractivity contribution in [3.8, 4) is 11.6 Å². The molecule has 3 N–H and O–H groups in total. The van der Waals surface area contributed by atoms with E-state index in [0.29, 0.717) is 28.3 Å². The number of nitrogens with one attached hydrogen (secondary N) is 1. The first-order valence-corrected chi connectivity index (χ1v) is 7.68. The number of ether oxygens (including phenoxy) is 1. The normalized spacial score (nSPS) is 10.8. The fraction of sp³-hybridized carbons (Fsp3) is 0. The molecule has 0 aliphatic heterocycles. The van der Waals surface area contributed by atoms with Gasteiger partial charge in [0.05, 0.1) is 11.7 Å². The number of nitrogens with two attached hydrogens (primary N) is 1. The van der Waals surface area contributed by atoms with Crippen LogP contribution in [0.5, 0.6) is 11.6 Å². The number of hydrogen-bond donors (Lipinski definition) is 2. The SMILES string of the molecule is Nn1ccc(Nc2ncnc3ccc(Oc4ncccc4Cl)cc23)n1. The molecule has 3 aromatic heterocycles. The van der Waals surface area contributed by atoms with Crippen molar-refractivity contribution in [1.29, 1.82) is 0 Å². The molecular formula is C16H12ClN7O. The van der Waals surface area contributed by atoms with Gasteiger partial charge in [-0.1, -0.05) is 11.6 Å². The molecule has 0 atom stereocenters. The largest absolute Gasteiger partial charge is 0.438 e. The molecule has 4 aromatic rings. The summed E-state index contributed by atoms with van der Waals surface area (Å²) < 4.78 is 5.76. The molecule has 4 rings (SSSR count).